The lowest BCUT2D eigenvalue weighted by molar-refractivity contribution is 1.17. The quantitative estimate of drug-likeness (QED) is 0.174. The monoisotopic (exact) mass is 698 g/mol. The van der Waals surface area contributed by atoms with Crippen molar-refractivity contribution in [2.24, 2.45) is 0 Å². The normalized spacial score (nSPS) is 11.8. The molecule has 0 amide bonds. The van der Waals surface area contributed by atoms with Crippen LogP contribution in [0, 0.1) is 0 Å². The maximum atomic E-state index is 2.50. The van der Waals surface area contributed by atoms with E-state index in [1.54, 1.807) is 0 Å². The van der Waals surface area contributed by atoms with E-state index in [2.05, 4.69) is 191 Å². The van der Waals surface area contributed by atoms with E-state index < -0.39 is 0 Å². The summed E-state index contributed by atoms with van der Waals surface area (Å²) in [5, 5.41) is 7.70. The first kappa shape index (κ1) is 29.5. The Morgan fingerprint density at radius 3 is 1.69 bits per heavy atom. The van der Waals surface area contributed by atoms with E-state index in [9.17, 15) is 0 Å². The number of nitrogens with zero attached hydrogens (tertiary/aromatic N) is 2. The van der Waals surface area contributed by atoms with Gasteiger partial charge in [-0.3, -0.25) is 0 Å². The van der Waals surface area contributed by atoms with Gasteiger partial charge in [-0.2, -0.15) is 0 Å². The van der Waals surface area contributed by atoms with Crippen LogP contribution in [0.25, 0.3) is 79.0 Å². The molecule has 0 saturated heterocycles. The summed E-state index contributed by atoms with van der Waals surface area (Å²) in [7, 11) is 0. The summed E-state index contributed by atoms with van der Waals surface area (Å²) in [4.78, 5) is 2.50. The van der Waals surface area contributed by atoms with Gasteiger partial charge in [0.2, 0.25) is 0 Å². The van der Waals surface area contributed by atoms with Crippen LogP contribution >= 0.6 is 22.7 Å². The first-order chi connectivity index (χ1) is 25.8. The molecule has 3 heterocycles. The highest BCUT2D eigenvalue weighted by molar-refractivity contribution is 7.27. The van der Waals surface area contributed by atoms with Crippen LogP contribution in [0.4, 0.5) is 17.1 Å². The third-order valence-electron chi connectivity index (χ3n) is 10.4. The molecular formula is C48H30N2S2. The molecule has 0 radical (unpaired) electrons. The van der Waals surface area contributed by atoms with Crippen molar-refractivity contribution in [2.45, 2.75) is 0 Å². The number of aromatic nitrogens is 1. The molecule has 2 nitrogen and oxygen atoms in total. The standard InChI is InChI=1S/C48H30N2S2/c1-2-13-31(14-3-1)34-29-30-42(46-39-18-7-11-24-45(39)52-48(34)46)50(43-22-12-19-38-37-17-6-10-23-44(37)51-47(38)43)33-27-25-32(26-28-33)49-40-20-8-4-15-35(40)36-16-5-9-21-41(36)49/h1-30H. The minimum absolute atomic E-state index is 1.12. The summed E-state index contributed by atoms with van der Waals surface area (Å²) in [5.74, 6) is 0. The van der Waals surface area contributed by atoms with Crippen molar-refractivity contribution < 1.29 is 0 Å². The molecule has 8 aromatic carbocycles. The highest BCUT2D eigenvalue weighted by atomic mass is 32.1. The van der Waals surface area contributed by atoms with Gasteiger partial charge in [-0.1, -0.05) is 121 Å². The van der Waals surface area contributed by atoms with Crippen molar-refractivity contribution in [1.29, 1.82) is 0 Å². The molecule has 0 atom stereocenters. The number of benzene rings is 8. The van der Waals surface area contributed by atoms with Gasteiger partial charge in [0.05, 0.1) is 27.1 Å². The van der Waals surface area contributed by atoms with Crippen LogP contribution in [0.15, 0.2) is 182 Å². The highest BCUT2D eigenvalue weighted by Gasteiger charge is 2.23. The van der Waals surface area contributed by atoms with Gasteiger partial charge < -0.3 is 9.47 Å². The summed E-state index contributed by atoms with van der Waals surface area (Å²) in [6, 6.07) is 66.5. The minimum Gasteiger partial charge on any atom is -0.309 e. The third-order valence-corrected chi connectivity index (χ3v) is 12.8. The summed E-state index contributed by atoms with van der Waals surface area (Å²) in [6.45, 7) is 0. The number of rotatable bonds is 5. The SMILES string of the molecule is c1ccc(-c2ccc(N(c3ccc(-n4c5ccccc5c5ccccc54)cc3)c3cccc4c3sc3ccccc34)c3c2sc2ccccc23)cc1. The number of fused-ring (bicyclic) bond motifs is 9. The van der Waals surface area contributed by atoms with Crippen LogP contribution in [-0.2, 0) is 0 Å². The first-order valence-electron chi connectivity index (χ1n) is 17.6. The predicted octanol–water partition coefficient (Wildman–Crippen LogP) is 14.7. The van der Waals surface area contributed by atoms with E-state index in [0.717, 1.165) is 11.4 Å². The molecule has 11 rings (SSSR count). The van der Waals surface area contributed by atoms with Crippen LogP contribution in [-0.4, -0.2) is 4.57 Å². The summed E-state index contributed by atoms with van der Waals surface area (Å²) in [6.07, 6.45) is 0. The van der Waals surface area contributed by atoms with Gasteiger partial charge >= 0.3 is 0 Å². The summed E-state index contributed by atoms with van der Waals surface area (Å²) in [5.41, 5.74) is 9.57. The zero-order chi connectivity index (χ0) is 34.2. The first-order valence-corrected chi connectivity index (χ1v) is 19.2. The van der Waals surface area contributed by atoms with Crippen LogP contribution in [0.3, 0.4) is 0 Å². The van der Waals surface area contributed by atoms with Gasteiger partial charge in [0.25, 0.3) is 0 Å². The van der Waals surface area contributed by atoms with E-state index in [-0.39, 0.29) is 0 Å². The average Bonchev–Trinajstić information content (AvgIpc) is 3.89. The number of hydrogen-bond donors (Lipinski definition) is 0. The number of thiophene rings is 2. The Hall–Kier alpha value is -6.20. The Kier molecular flexibility index (Phi) is 6.63. The van der Waals surface area contributed by atoms with Crippen molar-refractivity contribution in [2.75, 3.05) is 4.90 Å². The molecular weight excluding hydrogens is 669 g/mol. The molecule has 0 aliphatic heterocycles. The Labute approximate surface area is 308 Å². The van der Waals surface area contributed by atoms with Crippen molar-refractivity contribution in [3.05, 3.63) is 182 Å². The fraction of sp³-hybridized carbons (Fsp3) is 0. The van der Waals surface area contributed by atoms with Gasteiger partial charge in [-0.05, 0) is 71.8 Å². The van der Waals surface area contributed by atoms with Crippen molar-refractivity contribution >= 4 is 102 Å². The maximum absolute atomic E-state index is 2.50. The third kappa shape index (κ3) is 4.42. The lowest BCUT2D eigenvalue weighted by atomic mass is 10.00. The molecule has 0 N–H and O–H groups in total. The topological polar surface area (TPSA) is 8.17 Å². The molecule has 0 unspecified atom stereocenters. The van der Waals surface area contributed by atoms with E-state index >= 15 is 0 Å². The van der Waals surface area contributed by atoms with Gasteiger partial charge in [0.15, 0.2) is 0 Å². The highest BCUT2D eigenvalue weighted by Crippen LogP contribution is 2.51. The molecule has 0 aliphatic carbocycles. The van der Waals surface area contributed by atoms with Crippen LogP contribution in [0.1, 0.15) is 0 Å². The van der Waals surface area contributed by atoms with Crippen molar-refractivity contribution in [3.8, 4) is 16.8 Å². The van der Waals surface area contributed by atoms with Crippen LogP contribution in [0.2, 0.25) is 0 Å². The van der Waals surface area contributed by atoms with E-state index in [1.807, 2.05) is 22.7 Å². The number of anilines is 3. The lowest BCUT2D eigenvalue weighted by Crippen LogP contribution is -2.11. The molecule has 4 heteroatoms. The number of hydrogen-bond acceptors (Lipinski definition) is 3. The van der Waals surface area contributed by atoms with Gasteiger partial charge in [0.1, 0.15) is 0 Å². The Bertz CT molecular complexity index is 3080. The number of para-hydroxylation sites is 2. The molecule has 11 aromatic rings. The second kappa shape index (κ2) is 11.7. The molecule has 52 heavy (non-hydrogen) atoms. The minimum atomic E-state index is 1.12. The van der Waals surface area contributed by atoms with E-state index in [4.69, 9.17) is 0 Å². The fourth-order valence-electron chi connectivity index (χ4n) is 8.11. The Morgan fingerprint density at radius 1 is 0.385 bits per heavy atom. The van der Waals surface area contributed by atoms with E-state index in [1.165, 1.54) is 84.7 Å². The van der Waals surface area contributed by atoms with Crippen LogP contribution < -0.4 is 4.90 Å². The molecule has 0 saturated carbocycles. The summed E-state index contributed by atoms with van der Waals surface area (Å²) < 4.78 is 7.58. The van der Waals surface area contributed by atoms with Gasteiger partial charge in [-0.15, -0.1) is 22.7 Å². The smallest absolute Gasteiger partial charge is 0.0640 e. The summed E-state index contributed by atoms with van der Waals surface area (Å²) >= 11 is 3.77. The van der Waals surface area contributed by atoms with Gasteiger partial charge in [0, 0.05) is 57.8 Å². The fourth-order valence-corrected chi connectivity index (χ4v) is 10.6. The van der Waals surface area contributed by atoms with Crippen LogP contribution in [0.5, 0.6) is 0 Å². The Morgan fingerprint density at radius 2 is 0.962 bits per heavy atom. The maximum Gasteiger partial charge on any atom is 0.0640 e. The lowest BCUT2D eigenvalue weighted by Gasteiger charge is -2.28. The molecule has 3 aromatic heterocycles. The predicted molar refractivity (Wildman–Crippen MR) is 227 cm³/mol. The molecule has 0 bridgehead atoms. The van der Waals surface area contributed by atoms with Crippen molar-refractivity contribution in [3.63, 3.8) is 0 Å². The largest absolute Gasteiger partial charge is 0.309 e. The second-order valence-electron chi connectivity index (χ2n) is 13.3. The average molecular weight is 699 g/mol. The molecule has 244 valence electrons. The molecule has 0 fully saturated rings. The zero-order valence-corrected chi connectivity index (χ0v) is 29.7. The second-order valence-corrected chi connectivity index (χ2v) is 15.4. The molecule has 0 spiro atoms. The zero-order valence-electron chi connectivity index (χ0n) is 28.0. The van der Waals surface area contributed by atoms with Crippen molar-refractivity contribution in [1.82, 2.24) is 4.57 Å². The Balaban J connectivity index is 1.19. The van der Waals surface area contributed by atoms with Gasteiger partial charge in [-0.25, -0.2) is 0 Å². The molecule has 0 aliphatic rings. The van der Waals surface area contributed by atoms with E-state index in [0.29, 0.717) is 0 Å².